The summed E-state index contributed by atoms with van der Waals surface area (Å²) in [5, 5.41) is 0.197. The Morgan fingerprint density at radius 1 is 0.943 bits per heavy atom. The second-order valence-electron chi connectivity index (χ2n) is 8.27. The van der Waals surface area contributed by atoms with Crippen LogP contribution in [0.25, 0.3) is 11.0 Å². The maximum absolute atomic E-state index is 13.0. The van der Waals surface area contributed by atoms with Gasteiger partial charge in [0.25, 0.3) is 0 Å². The van der Waals surface area contributed by atoms with Gasteiger partial charge in [0.2, 0.25) is 11.2 Å². The van der Waals surface area contributed by atoms with Crippen molar-refractivity contribution >= 4 is 16.9 Å². The third-order valence-corrected chi connectivity index (χ3v) is 5.39. The first-order valence-electron chi connectivity index (χ1n) is 10.8. The van der Waals surface area contributed by atoms with Crippen LogP contribution in [0.1, 0.15) is 47.0 Å². The van der Waals surface area contributed by atoms with Crippen molar-refractivity contribution in [1.82, 2.24) is 0 Å². The van der Waals surface area contributed by atoms with E-state index in [4.69, 9.17) is 13.9 Å². The number of carbonyl (C=O) groups excluding carboxylic acids is 1. The molecule has 4 rings (SSSR count). The zero-order valence-corrected chi connectivity index (χ0v) is 19.1. The summed E-state index contributed by atoms with van der Waals surface area (Å²) in [5.41, 5.74) is -0.355. The molecule has 0 saturated carbocycles. The maximum Gasteiger partial charge on any atom is 0.416 e. The lowest BCUT2D eigenvalue weighted by molar-refractivity contribution is -0.137. The third-order valence-electron chi connectivity index (χ3n) is 5.39. The molecule has 35 heavy (non-hydrogen) atoms. The van der Waals surface area contributed by atoms with Crippen molar-refractivity contribution in [2.45, 2.75) is 32.9 Å². The molecule has 5 nitrogen and oxygen atoms in total. The molecule has 0 aliphatic carbocycles. The number of hydrogen-bond donors (Lipinski definition) is 0. The first-order chi connectivity index (χ1) is 16.5. The number of esters is 1. The number of benzene rings is 3. The molecule has 3 aromatic carbocycles. The summed E-state index contributed by atoms with van der Waals surface area (Å²) in [6.45, 7) is 5.71. The van der Waals surface area contributed by atoms with Gasteiger partial charge >= 0.3 is 12.1 Å². The van der Waals surface area contributed by atoms with Crippen LogP contribution in [0.15, 0.2) is 75.9 Å². The molecular weight excluding hydrogens is 461 g/mol. The standard InChI is InChI=1S/C27H21F3O5/c1-15(2)17-7-9-20(10-8-17)34-25-16(3)33-23-14-21(11-12-22(23)24(25)31)35-26(32)18-5-4-6-19(13-18)27(28,29)30/h4-15H,1-3H3. The Hall–Kier alpha value is -4.07. The number of ether oxygens (including phenoxy) is 2. The summed E-state index contributed by atoms with van der Waals surface area (Å²) in [4.78, 5) is 25.4. The Morgan fingerprint density at radius 2 is 1.63 bits per heavy atom. The number of alkyl halides is 3. The lowest BCUT2D eigenvalue weighted by Crippen LogP contribution is -2.12. The van der Waals surface area contributed by atoms with Crippen LogP contribution in [-0.4, -0.2) is 5.97 Å². The maximum atomic E-state index is 13.0. The first kappa shape index (κ1) is 24.1. The summed E-state index contributed by atoms with van der Waals surface area (Å²) in [5.74, 6) is 0.129. The number of halogens is 3. The van der Waals surface area contributed by atoms with Crippen molar-refractivity contribution in [1.29, 1.82) is 0 Å². The second kappa shape index (κ2) is 9.29. The van der Waals surface area contributed by atoms with Crippen molar-refractivity contribution < 1.29 is 31.9 Å². The molecule has 4 aromatic rings. The van der Waals surface area contributed by atoms with E-state index >= 15 is 0 Å². The van der Waals surface area contributed by atoms with Crippen LogP contribution in [-0.2, 0) is 6.18 Å². The average Bonchev–Trinajstić information content (AvgIpc) is 2.81. The molecule has 0 unspecified atom stereocenters. The summed E-state index contributed by atoms with van der Waals surface area (Å²) < 4.78 is 55.5. The smallest absolute Gasteiger partial charge is 0.416 e. The van der Waals surface area contributed by atoms with Gasteiger partial charge in [-0.1, -0.05) is 32.0 Å². The molecule has 1 heterocycles. The summed E-state index contributed by atoms with van der Waals surface area (Å²) in [7, 11) is 0. The van der Waals surface area contributed by atoms with E-state index in [0.717, 1.165) is 17.7 Å². The topological polar surface area (TPSA) is 65.7 Å². The number of hydrogen-bond acceptors (Lipinski definition) is 5. The molecule has 0 atom stereocenters. The minimum atomic E-state index is -4.59. The van der Waals surface area contributed by atoms with Crippen LogP contribution in [0.2, 0.25) is 0 Å². The highest BCUT2D eigenvalue weighted by Crippen LogP contribution is 2.31. The Balaban J connectivity index is 1.59. The lowest BCUT2D eigenvalue weighted by Gasteiger charge is -2.11. The molecule has 0 fully saturated rings. The molecule has 0 aliphatic rings. The highest BCUT2D eigenvalue weighted by atomic mass is 19.4. The van der Waals surface area contributed by atoms with E-state index in [9.17, 15) is 22.8 Å². The predicted molar refractivity (Wildman–Crippen MR) is 124 cm³/mol. The Morgan fingerprint density at radius 3 is 2.29 bits per heavy atom. The molecule has 0 spiro atoms. The van der Waals surface area contributed by atoms with Crippen LogP contribution in [0.3, 0.4) is 0 Å². The third kappa shape index (κ3) is 5.21. The van der Waals surface area contributed by atoms with Crippen LogP contribution in [0.4, 0.5) is 13.2 Å². The molecule has 0 aliphatic heterocycles. The van der Waals surface area contributed by atoms with Crippen LogP contribution in [0, 0.1) is 6.92 Å². The Labute approximate surface area is 198 Å². The summed E-state index contributed by atoms with van der Waals surface area (Å²) in [6.07, 6.45) is -4.59. The largest absolute Gasteiger partial charge is 0.457 e. The van der Waals surface area contributed by atoms with Crippen molar-refractivity contribution in [3.8, 4) is 17.2 Å². The number of aryl methyl sites for hydroxylation is 1. The molecule has 0 amide bonds. The van der Waals surface area contributed by atoms with Crippen molar-refractivity contribution in [3.05, 3.63) is 99.4 Å². The zero-order chi connectivity index (χ0) is 25.3. The zero-order valence-electron chi connectivity index (χ0n) is 19.1. The van der Waals surface area contributed by atoms with E-state index in [1.54, 1.807) is 19.1 Å². The molecule has 180 valence electrons. The molecule has 0 radical (unpaired) electrons. The van der Waals surface area contributed by atoms with Crippen molar-refractivity contribution in [2.24, 2.45) is 0 Å². The van der Waals surface area contributed by atoms with E-state index in [1.165, 1.54) is 24.3 Å². The Kier molecular flexibility index (Phi) is 6.39. The van der Waals surface area contributed by atoms with Gasteiger partial charge in [-0.2, -0.15) is 13.2 Å². The van der Waals surface area contributed by atoms with Gasteiger partial charge in [0.1, 0.15) is 22.8 Å². The van der Waals surface area contributed by atoms with E-state index in [1.807, 2.05) is 12.1 Å². The van der Waals surface area contributed by atoms with E-state index in [0.29, 0.717) is 17.7 Å². The Bertz CT molecular complexity index is 1450. The molecule has 1 aromatic heterocycles. The van der Waals surface area contributed by atoms with Gasteiger partial charge in [-0.15, -0.1) is 0 Å². The van der Waals surface area contributed by atoms with Gasteiger partial charge in [-0.05, 0) is 60.9 Å². The molecule has 0 saturated heterocycles. The molecule has 0 bridgehead atoms. The molecule has 8 heteroatoms. The highest BCUT2D eigenvalue weighted by Gasteiger charge is 2.31. The lowest BCUT2D eigenvalue weighted by atomic mass is 10.0. The SMILES string of the molecule is Cc1oc2cc(OC(=O)c3cccc(C(F)(F)F)c3)ccc2c(=O)c1Oc1ccc(C(C)C)cc1. The quantitative estimate of drug-likeness (QED) is 0.221. The summed E-state index contributed by atoms with van der Waals surface area (Å²) >= 11 is 0. The van der Waals surface area contributed by atoms with Gasteiger partial charge in [0.15, 0.2) is 0 Å². The minimum absolute atomic E-state index is 0.0143. The summed E-state index contributed by atoms with van der Waals surface area (Å²) in [6, 6.07) is 15.4. The monoisotopic (exact) mass is 482 g/mol. The van der Waals surface area contributed by atoms with E-state index in [2.05, 4.69) is 13.8 Å². The van der Waals surface area contributed by atoms with Crippen LogP contribution < -0.4 is 14.9 Å². The fraction of sp³-hybridized carbons (Fsp3) is 0.185. The van der Waals surface area contributed by atoms with Gasteiger partial charge in [-0.25, -0.2) is 4.79 Å². The molecule has 0 N–H and O–H groups in total. The van der Waals surface area contributed by atoms with Gasteiger partial charge in [-0.3, -0.25) is 4.79 Å². The fourth-order valence-electron chi connectivity index (χ4n) is 3.48. The van der Waals surface area contributed by atoms with Crippen molar-refractivity contribution in [2.75, 3.05) is 0 Å². The van der Waals surface area contributed by atoms with Gasteiger partial charge < -0.3 is 13.9 Å². The second-order valence-corrected chi connectivity index (χ2v) is 8.27. The van der Waals surface area contributed by atoms with Crippen LogP contribution in [0.5, 0.6) is 17.2 Å². The molecular formula is C27H21F3O5. The normalized spacial score (nSPS) is 11.6. The first-order valence-corrected chi connectivity index (χ1v) is 10.8. The van der Waals surface area contributed by atoms with E-state index < -0.39 is 23.1 Å². The number of fused-ring (bicyclic) bond motifs is 1. The van der Waals surface area contributed by atoms with Gasteiger partial charge in [0.05, 0.1) is 16.5 Å². The number of rotatable bonds is 5. The average molecular weight is 482 g/mol. The van der Waals surface area contributed by atoms with Crippen LogP contribution >= 0.6 is 0 Å². The van der Waals surface area contributed by atoms with Gasteiger partial charge in [0, 0.05) is 6.07 Å². The fourth-order valence-corrected chi connectivity index (χ4v) is 3.48. The number of carbonyl (C=O) groups is 1. The highest BCUT2D eigenvalue weighted by molar-refractivity contribution is 5.92. The minimum Gasteiger partial charge on any atom is -0.457 e. The van der Waals surface area contributed by atoms with E-state index in [-0.39, 0.29) is 33.8 Å². The predicted octanol–water partition coefficient (Wildman–Crippen LogP) is 7.26. The van der Waals surface area contributed by atoms with Crippen molar-refractivity contribution in [3.63, 3.8) is 0 Å².